The van der Waals surface area contributed by atoms with Gasteiger partial charge in [0.05, 0.1) is 12.3 Å². The van der Waals surface area contributed by atoms with Crippen molar-refractivity contribution in [3.63, 3.8) is 0 Å². The number of aromatic nitrogens is 2. The van der Waals surface area contributed by atoms with Crippen LogP contribution in [0.25, 0.3) is 33.2 Å². The van der Waals surface area contributed by atoms with Gasteiger partial charge in [-0.1, -0.05) is 44.2 Å². The van der Waals surface area contributed by atoms with Crippen LogP contribution in [0.15, 0.2) is 67.0 Å². The molecule has 33 heavy (non-hydrogen) atoms. The average molecular weight is 437 g/mol. The molecule has 0 unspecified atom stereocenters. The van der Waals surface area contributed by atoms with Gasteiger partial charge in [0.1, 0.15) is 7.05 Å². The maximum absolute atomic E-state index is 8.96. The molecule has 2 heterocycles. The van der Waals surface area contributed by atoms with Crippen LogP contribution < -0.4 is 4.57 Å². The number of fused-ring (bicyclic) bond motifs is 1. The van der Waals surface area contributed by atoms with E-state index in [-0.39, 0.29) is 0 Å². The first-order chi connectivity index (χ1) is 16.2. The van der Waals surface area contributed by atoms with Crippen molar-refractivity contribution >= 4 is 10.8 Å². The van der Waals surface area contributed by atoms with Gasteiger partial charge in [-0.05, 0) is 84.2 Å². The van der Waals surface area contributed by atoms with Gasteiger partial charge >= 0.3 is 0 Å². The van der Waals surface area contributed by atoms with Gasteiger partial charge in [0.25, 0.3) is 0 Å². The Hall–Kier alpha value is -3.00. The highest BCUT2D eigenvalue weighted by Crippen LogP contribution is 2.43. The van der Waals surface area contributed by atoms with Gasteiger partial charge in [-0.15, -0.1) is 0 Å². The van der Waals surface area contributed by atoms with E-state index in [4.69, 9.17) is 1.37 Å². The van der Waals surface area contributed by atoms with Crippen molar-refractivity contribution in [3.8, 4) is 22.4 Å². The van der Waals surface area contributed by atoms with E-state index in [2.05, 4.69) is 86.8 Å². The number of hydrogen-bond acceptors (Lipinski definition) is 1. The van der Waals surface area contributed by atoms with Crippen LogP contribution in [-0.4, -0.2) is 4.98 Å². The minimum atomic E-state index is 0.461. The zero-order valence-corrected chi connectivity index (χ0v) is 20.6. The van der Waals surface area contributed by atoms with Crippen LogP contribution >= 0.6 is 0 Å². The number of hydrogen-bond donors (Lipinski definition) is 0. The Balaban J connectivity index is 1.67. The maximum atomic E-state index is 8.96. The summed E-state index contributed by atoms with van der Waals surface area (Å²) >= 11 is 0. The van der Waals surface area contributed by atoms with Gasteiger partial charge in [0.15, 0.2) is 5.69 Å². The number of pyridine rings is 2. The SMILES string of the molecule is [2H]c1c(C)[n+](C)c(-c2cc(-c3cccnc3)ccc2C)c2ccc(C3CCC(C)(C)CC3)cc12. The fraction of sp³-hybridized carbons (Fsp3) is 0.355. The van der Waals surface area contributed by atoms with E-state index in [1.165, 1.54) is 48.1 Å². The summed E-state index contributed by atoms with van der Waals surface area (Å²) in [7, 11) is 2.09. The van der Waals surface area contributed by atoms with Gasteiger partial charge in [-0.2, -0.15) is 4.57 Å². The zero-order valence-electron chi connectivity index (χ0n) is 21.6. The van der Waals surface area contributed by atoms with Crippen LogP contribution in [0.5, 0.6) is 0 Å². The van der Waals surface area contributed by atoms with E-state index >= 15 is 0 Å². The summed E-state index contributed by atoms with van der Waals surface area (Å²) in [4.78, 5) is 4.31. The molecular formula is C31H35N2+. The molecule has 2 aromatic heterocycles. The molecule has 1 saturated carbocycles. The lowest BCUT2D eigenvalue weighted by molar-refractivity contribution is -0.665. The predicted octanol–water partition coefficient (Wildman–Crippen LogP) is 7.69. The summed E-state index contributed by atoms with van der Waals surface area (Å²) in [6.45, 7) is 9.03. The van der Waals surface area contributed by atoms with Gasteiger partial charge < -0.3 is 0 Å². The third-order valence-corrected chi connectivity index (χ3v) is 7.75. The normalized spacial score (nSPS) is 16.7. The molecule has 2 aromatic carbocycles. The summed E-state index contributed by atoms with van der Waals surface area (Å²) < 4.78 is 11.2. The summed E-state index contributed by atoms with van der Waals surface area (Å²) in [5.74, 6) is 0.602. The van der Waals surface area contributed by atoms with Crippen molar-refractivity contribution < 1.29 is 5.94 Å². The second kappa shape index (κ2) is 8.41. The second-order valence-corrected chi connectivity index (χ2v) is 10.6. The van der Waals surface area contributed by atoms with Crippen LogP contribution in [0.4, 0.5) is 0 Å². The van der Waals surface area contributed by atoms with Gasteiger partial charge in [-0.3, -0.25) is 4.98 Å². The van der Waals surface area contributed by atoms with Gasteiger partial charge in [-0.25, -0.2) is 0 Å². The maximum Gasteiger partial charge on any atom is 0.220 e. The highest BCUT2D eigenvalue weighted by molar-refractivity contribution is 5.95. The largest absolute Gasteiger partial charge is 0.264 e. The summed E-state index contributed by atoms with van der Waals surface area (Å²) in [6, 6.07) is 18.3. The van der Waals surface area contributed by atoms with E-state index in [1.807, 2.05) is 18.5 Å². The Morgan fingerprint density at radius 1 is 1.00 bits per heavy atom. The van der Waals surface area contributed by atoms with Gasteiger partial charge in [0, 0.05) is 30.9 Å². The first-order valence-corrected chi connectivity index (χ1v) is 12.2. The first kappa shape index (κ1) is 20.6. The Kier molecular flexibility index (Phi) is 5.25. The van der Waals surface area contributed by atoms with E-state index < -0.39 is 0 Å². The van der Waals surface area contributed by atoms with E-state index in [0.29, 0.717) is 17.4 Å². The molecule has 0 amide bonds. The zero-order chi connectivity index (χ0) is 24.0. The highest BCUT2D eigenvalue weighted by atomic mass is 14.9. The standard InChI is InChI=1S/C31H35N2/c1-21-8-9-25(26-7-6-16-32-20-26)19-29(21)30-28-11-10-24(18-27(28)17-22(2)33(30)5)23-12-14-31(3,4)15-13-23/h6-11,16-20,23H,12-15H2,1-5H3/q+1/i17D. The molecule has 0 aliphatic heterocycles. The number of rotatable bonds is 3. The van der Waals surface area contributed by atoms with Crippen molar-refractivity contribution in [2.45, 2.75) is 59.3 Å². The molecule has 168 valence electrons. The van der Waals surface area contributed by atoms with Crippen molar-refractivity contribution in [3.05, 3.63) is 83.8 Å². The summed E-state index contributed by atoms with van der Waals surface area (Å²) in [6.07, 6.45) is 8.76. The quantitative estimate of drug-likeness (QED) is 0.301. The molecule has 1 aliphatic rings. The van der Waals surface area contributed by atoms with Crippen LogP contribution in [0, 0.1) is 19.3 Å². The molecule has 5 rings (SSSR count). The lowest BCUT2D eigenvalue weighted by Crippen LogP contribution is -2.35. The third-order valence-electron chi connectivity index (χ3n) is 7.75. The average Bonchev–Trinajstić information content (AvgIpc) is 2.84. The molecular weight excluding hydrogens is 400 g/mol. The minimum Gasteiger partial charge on any atom is -0.264 e. The van der Waals surface area contributed by atoms with Crippen molar-refractivity contribution in [1.82, 2.24) is 4.98 Å². The third kappa shape index (κ3) is 4.19. The van der Waals surface area contributed by atoms with Crippen LogP contribution in [0.1, 0.15) is 63.6 Å². The van der Waals surface area contributed by atoms with Gasteiger partial charge in [0.2, 0.25) is 5.69 Å². The van der Waals surface area contributed by atoms with E-state index in [0.717, 1.165) is 27.6 Å². The molecule has 0 N–H and O–H groups in total. The molecule has 2 nitrogen and oxygen atoms in total. The molecule has 0 saturated heterocycles. The summed E-state index contributed by atoms with van der Waals surface area (Å²) in [5.41, 5.74) is 8.77. The monoisotopic (exact) mass is 436 g/mol. The molecule has 4 aromatic rings. The fourth-order valence-electron chi connectivity index (χ4n) is 5.40. The fourth-order valence-corrected chi connectivity index (χ4v) is 5.40. The highest BCUT2D eigenvalue weighted by Gasteiger charge is 2.28. The topological polar surface area (TPSA) is 16.8 Å². The molecule has 0 bridgehead atoms. The lowest BCUT2D eigenvalue weighted by atomic mass is 9.71. The Morgan fingerprint density at radius 2 is 1.79 bits per heavy atom. The van der Waals surface area contributed by atoms with Crippen LogP contribution in [0.3, 0.4) is 0 Å². The van der Waals surface area contributed by atoms with E-state index in [9.17, 15) is 0 Å². The lowest BCUT2D eigenvalue weighted by Gasteiger charge is -2.34. The molecule has 1 fully saturated rings. The molecule has 1 aliphatic carbocycles. The van der Waals surface area contributed by atoms with Crippen molar-refractivity contribution in [2.24, 2.45) is 12.5 Å². The van der Waals surface area contributed by atoms with Crippen molar-refractivity contribution in [1.29, 1.82) is 0 Å². The summed E-state index contributed by atoms with van der Waals surface area (Å²) in [5, 5.41) is 2.23. The van der Waals surface area contributed by atoms with E-state index in [1.54, 1.807) is 0 Å². The molecule has 2 heteroatoms. The molecule has 0 spiro atoms. The Labute approximate surface area is 199 Å². The Morgan fingerprint density at radius 3 is 2.52 bits per heavy atom. The Bertz CT molecular complexity index is 1360. The second-order valence-electron chi connectivity index (χ2n) is 10.6. The smallest absolute Gasteiger partial charge is 0.220 e. The van der Waals surface area contributed by atoms with Crippen LogP contribution in [0.2, 0.25) is 0 Å². The predicted molar refractivity (Wildman–Crippen MR) is 138 cm³/mol. The number of aryl methyl sites for hydroxylation is 1. The number of nitrogens with zero attached hydrogens (tertiary/aromatic N) is 2. The minimum absolute atomic E-state index is 0.461. The molecule has 0 atom stereocenters. The number of benzene rings is 2. The van der Waals surface area contributed by atoms with Crippen molar-refractivity contribution in [2.75, 3.05) is 0 Å². The van der Waals surface area contributed by atoms with Crippen LogP contribution in [-0.2, 0) is 7.05 Å². The molecule has 0 radical (unpaired) electrons. The first-order valence-electron chi connectivity index (χ1n) is 12.7.